The molecule has 150 valence electrons. The number of likely N-dealkylation sites (N-methyl/N-ethyl adjacent to an activating group) is 1. The van der Waals surface area contributed by atoms with Gasteiger partial charge in [-0.1, -0.05) is 6.92 Å². The molecular weight excluding hydrogens is 354 g/mol. The first-order valence-corrected chi connectivity index (χ1v) is 10.1. The molecule has 0 bridgehead atoms. The third-order valence-electron chi connectivity index (χ3n) is 5.74. The quantitative estimate of drug-likeness (QED) is 0.748. The van der Waals surface area contributed by atoms with Crippen LogP contribution in [0.1, 0.15) is 45.5 Å². The van der Waals surface area contributed by atoms with Gasteiger partial charge in [0.2, 0.25) is 5.91 Å². The lowest BCUT2D eigenvalue weighted by Crippen LogP contribution is -2.48. The van der Waals surface area contributed by atoms with Crippen LogP contribution in [0, 0.1) is 0 Å². The molecule has 0 saturated carbocycles. The maximum absolute atomic E-state index is 15.0. The number of amides is 1. The third kappa shape index (κ3) is 4.63. The highest BCUT2D eigenvalue weighted by molar-refractivity contribution is 6.50. The summed E-state index contributed by atoms with van der Waals surface area (Å²) in [6.07, 6.45) is 4.80. The highest BCUT2D eigenvalue weighted by Crippen LogP contribution is 2.21. The number of carbonyl (C=O) groups is 1. The van der Waals surface area contributed by atoms with Crippen LogP contribution in [-0.4, -0.2) is 65.9 Å². The van der Waals surface area contributed by atoms with Gasteiger partial charge in [-0.3, -0.25) is 14.0 Å². The molecule has 2 aliphatic heterocycles. The Balaban J connectivity index is 1.74. The van der Waals surface area contributed by atoms with Crippen molar-refractivity contribution in [3.05, 3.63) is 40.7 Å². The van der Waals surface area contributed by atoms with Gasteiger partial charge in [0.1, 0.15) is 0 Å². The van der Waals surface area contributed by atoms with Crippen LogP contribution in [-0.2, 0) is 11.2 Å². The summed E-state index contributed by atoms with van der Waals surface area (Å²) >= 11 is 0. The van der Waals surface area contributed by atoms with Crippen LogP contribution >= 0.6 is 0 Å². The van der Waals surface area contributed by atoms with E-state index in [0.717, 1.165) is 55.3 Å². The van der Waals surface area contributed by atoms with E-state index < -0.39 is 7.26 Å². The molecule has 2 aliphatic rings. The molecular formula is C21H30BFN4O. The first kappa shape index (κ1) is 20.6. The number of halogens is 1. The lowest BCUT2D eigenvalue weighted by atomic mass is 10.0. The molecule has 5 nitrogen and oxygen atoms in total. The fourth-order valence-electron chi connectivity index (χ4n) is 3.82. The van der Waals surface area contributed by atoms with E-state index in [0.29, 0.717) is 18.6 Å². The number of piperazine rings is 1. The third-order valence-corrected chi connectivity index (χ3v) is 5.74. The van der Waals surface area contributed by atoms with E-state index in [4.69, 9.17) is 0 Å². The standard InChI is InChI=1S/C21H30BFN4O/c1-5-25-10-12-26(13-11-25)21(28)9-8-19-6-7-20-15-17(3)16(2)14-18(4)24-22(23)27(19)20/h6-7,14-15H,5,8-13H2,1-4H3/b16-14-,17-15+,24-18+. The molecule has 7 heteroatoms. The predicted octanol–water partition coefficient (Wildman–Crippen LogP) is 3.21. The van der Waals surface area contributed by atoms with Gasteiger partial charge in [-0.25, -0.2) is 0 Å². The zero-order chi connectivity index (χ0) is 20.3. The van der Waals surface area contributed by atoms with Crippen LogP contribution in [0.3, 0.4) is 0 Å². The fraction of sp³-hybridized carbons (Fsp3) is 0.524. The van der Waals surface area contributed by atoms with Crippen LogP contribution in [0.2, 0.25) is 0 Å². The molecule has 0 aliphatic carbocycles. The Hall–Kier alpha value is -2.15. The van der Waals surface area contributed by atoms with E-state index in [-0.39, 0.29) is 5.91 Å². The van der Waals surface area contributed by atoms with Gasteiger partial charge in [0.25, 0.3) is 0 Å². The number of carbonyl (C=O) groups excluding carboxylic acids is 1. The van der Waals surface area contributed by atoms with E-state index >= 15 is 0 Å². The largest absolute Gasteiger partial charge is 0.611 e. The highest BCUT2D eigenvalue weighted by Gasteiger charge is 2.25. The molecule has 1 aromatic rings. The SMILES string of the molecule is CCN1CCN(C(=O)CCc2ccc3n2B(F)/N=C(C)/C=C(C)\C(C)=C\3)CC1. The second-order valence-corrected chi connectivity index (χ2v) is 7.67. The van der Waals surface area contributed by atoms with Crippen LogP contribution in [0.25, 0.3) is 6.08 Å². The summed E-state index contributed by atoms with van der Waals surface area (Å²) in [6.45, 7) is 12.4. The van der Waals surface area contributed by atoms with Gasteiger partial charge in [0, 0.05) is 49.7 Å². The summed E-state index contributed by atoms with van der Waals surface area (Å²) < 4.78 is 16.6. The van der Waals surface area contributed by atoms with Crippen molar-refractivity contribution in [2.75, 3.05) is 32.7 Å². The fourth-order valence-corrected chi connectivity index (χ4v) is 3.82. The maximum Gasteiger partial charge on any atom is 0.611 e. The molecule has 1 saturated heterocycles. The van der Waals surface area contributed by atoms with Crippen LogP contribution < -0.4 is 0 Å². The van der Waals surface area contributed by atoms with Crippen molar-refractivity contribution in [2.24, 2.45) is 4.90 Å². The normalized spacial score (nSPS) is 24.1. The van der Waals surface area contributed by atoms with Gasteiger partial charge >= 0.3 is 7.26 Å². The van der Waals surface area contributed by atoms with E-state index in [1.165, 1.54) is 0 Å². The zero-order valence-electron chi connectivity index (χ0n) is 17.4. The van der Waals surface area contributed by atoms with Gasteiger partial charge < -0.3 is 14.3 Å². The molecule has 28 heavy (non-hydrogen) atoms. The second-order valence-electron chi connectivity index (χ2n) is 7.67. The van der Waals surface area contributed by atoms with E-state index in [1.807, 2.05) is 50.0 Å². The average Bonchev–Trinajstić information content (AvgIpc) is 3.08. The van der Waals surface area contributed by atoms with Crippen molar-refractivity contribution in [1.29, 1.82) is 0 Å². The molecule has 1 amide bonds. The van der Waals surface area contributed by atoms with Crippen molar-refractivity contribution in [1.82, 2.24) is 14.3 Å². The summed E-state index contributed by atoms with van der Waals surface area (Å²) in [6, 6.07) is 3.83. The Morgan fingerprint density at radius 1 is 1.11 bits per heavy atom. The molecule has 3 rings (SSSR count). The smallest absolute Gasteiger partial charge is 0.340 e. The molecule has 0 aromatic carbocycles. The monoisotopic (exact) mass is 384 g/mol. The number of hydrogen-bond donors (Lipinski definition) is 0. The summed E-state index contributed by atoms with van der Waals surface area (Å²) in [5, 5.41) is 0. The number of allylic oxidation sites excluding steroid dienone is 3. The van der Waals surface area contributed by atoms with Crippen LogP contribution in [0.15, 0.2) is 34.3 Å². The lowest BCUT2D eigenvalue weighted by Gasteiger charge is -2.34. The van der Waals surface area contributed by atoms with Gasteiger partial charge in [0.05, 0.1) is 0 Å². The highest BCUT2D eigenvalue weighted by atomic mass is 19.1. The van der Waals surface area contributed by atoms with E-state index in [9.17, 15) is 9.11 Å². The number of hydrogen-bond acceptors (Lipinski definition) is 3. The Bertz CT molecular complexity index is 818. The molecule has 0 unspecified atom stereocenters. The Kier molecular flexibility index (Phi) is 6.55. The molecule has 3 heterocycles. The Morgan fingerprint density at radius 3 is 2.46 bits per heavy atom. The topological polar surface area (TPSA) is 40.8 Å². The first-order valence-electron chi connectivity index (χ1n) is 10.1. The van der Waals surface area contributed by atoms with Gasteiger partial charge in [-0.2, -0.15) is 0 Å². The minimum absolute atomic E-state index is 0.147. The van der Waals surface area contributed by atoms with Gasteiger partial charge in [-0.05, 0) is 69.2 Å². The van der Waals surface area contributed by atoms with E-state index in [2.05, 4.69) is 16.7 Å². The summed E-state index contributed by atoms with van der Waals surface area (Å²) in [5.74, 6) is 0.147. The Morgan fingerprint density at radius 2 is 1.79 bits per heavy atom. The Labute approximate surface area is 167 Å². The summed E-state index contributed by atoms with van der Waals surface area (Å²) in [5.41, 5.74) is 4.42. The molecule has 1 aromatic heterocycles. The van der Waals surface area contributed by atoms with Crippen molar-refractivity contribution >= 4 is 25.0 Å². The number of aryl methyl sites for hydroxylation is 1. The van der Waals surface area contributed by atoms with Crippen molar-refractivity contribution in [3.8, 4) is 0 Å². The number of rotatable bonds is 4. The lowest BCUT2D eigenvalue weighted by molar-refractivity contribution is -0.132. The minimum atomic E-state index is -1.48. The number of nitrogens with zero attached hydrogens (tertiary/aromatic N) is 4. The molecule has 0 radical (unpaired) electrons. The van der Waals surface area contributed by atoms with Crippen molar-refractivity contribution in [3.63, 3.8) is 0 Å². The number of aromatic nitrogens is 1. The average molecular weight is 384 g/mol. The first-order chi connectivity index (χ1) is 13.4. The predicted molar refractivity (Wildman–Crippen MR) is 114 cm³/mol. The minimum Gasteiger partial charge on any atom is -0.340 e. The zero-order valence-corrected chi connectivity index (χ0v) is 17.4. The maximum atomic E-state index is 15.0. The second kappa shape index (κ2) is 8.90. The van der Waals surface area contributed by atoms with Gasteiger partial charge in [0.15, 0.2) is 0 Å². The van der Waals surface area contributed by atoms with Crippen molar-refractivity contribution in [2.45, 2.75) is 40.5 Å². The summed E-state index contributed by atoms with van der Waals surface area (Å²) in [7, 11) is -1.48. The van der Waals surface area contributed by atoms with E-state index in [1.54, 1.807) is 4.48 Å². The van der Waals surface area contributed by atoms with Crippen molar-refractivity contribution < 1.29 is 9.11 Å². The van der Waals surface area contributed by atoms with Crippen LogP contribution in [0.5, 0.6) is 0 Å². The molecule has 0 N–H and O–H groups in total. The number of fused-ring (bicyclic) bond motifs is 1. The molecule has 0 spiro atoms. The molecule has 0 atom stereocenters. The van der Waals surface area contributed by atoms with Crippen LogP contribution in [0.4, 0.5) is 4.32 Å². The summed E-state index contributed by atoms with van der Waals surface area (Å²) in [4.78, 5) is 21.1. The van der Waals surface area contributed by atoms with Gasteiger partial charge in [-0.15, -0.1) is 0 Å². The molecule has 1 fully saturated rings.